The third-order valence-corrected chi connectivity index (χ3v) is 3.40. The molecule has 0 bridgehead atoms. The van der Waals surface area contributed by atoms with E-state index in [-0.39, 0.29) is 24.4 Å². The van der Waals surface area contributed by atoms with Crippen molar-refractivity contribution in [2.45, 2.75) is 39.2 Å². The number of nitrogens with zero attached hydrogens (tertiary/aromatic N) is 3. The van der Waals surface area contributed by atoms with Crippen LogP contribution in [0.15, 0.2) is 0 Å². The Morgan fingerprint density at radius 3 is 2.79 bits per heavy atom. The van der Waals surface area contributed by atoms with E-state index in [1.807, 2.05) is 6.92 Å². The van der Waals surface area contributed by atoms with Crippen LogP contribution in [0, 0.1) is 17.2 Å². The second-order valence-corrected chi connectivity index (χ2v) is 4.94. The summed E-state index contributed by atoms with van der Waals surface area (Å²) < 4.78 is 0. The number of carbonyl (C=O) groups is 2. The zero-order valence-corrected chi connectivity index (χ0v) is 11.5. The van der Waals surface area contributed by atoms with Crippen LogP contribution >= 0.6 is 0 Å². The number of amides is 2. The summed E-state index contributed by atoms with van der Waals surface area (Å²) >= 11 is 0. The lowest BCUT2D eigenvalue weighted by molar-refractivity contribution is -0.138. The molecule has 0 spiro atoms. The van der Waals surface area contributed by atoms with E-state index in [0.717, 1.165) is 12.8 Å². The summed E-state index contributed by atoms with van der Waals surface area (Å²) in [4.78, 5) is 26.4. The third kappa shape index (κ3) is 4.12. The standard InChI is InChI=1S/C13H21N3O3/c1-3-15(9-10(2)8-14)13(19)16-6-4-5-11(16)7-12(17)18/h10-11H,3-7,9H2,1-2H3,(H,17,18). The van der Waals surface area contributed by atoms with Gasteiger partial charge in [0.05, 0.1) is 18.4 Å². The lowest BCUT2D eigenvalue weighted by atomic mass is 10.1. The molecule has 1 aliphatic rings. The topological polar surface area (TPSA) is 84.6 Å². The summed E-state index contributed by atoms with van der Waals surface area (Å²) in [5, 5.41) is 17.7. The van der Waals surface area contributed by atoms with E-state index in [4.69, 9.17) is 10.4 Å². The molecule has 6 nitrogen and oxygen atoms in total. The second-order valence-electron chi connectivity index (χ2n) is 4.94. The Kier molecular flexibility index (Phi) is 5.61. The first-order valence-electron chi connectivity index (χ1n) is 6.66. The van der Waals surface area contributed by atoms with Crippen LogP contribution in [-0.2, 0) is 4.79 Å². The maximum Gasteiger partial charge on any atom is 0.320 e. The largest absolute Gasteiger partial charge is 0.481 e. The summed E-state index contributed by atoms with van der Waals surface area (Å²) in [5.74, 6) is -1.09. The van der Waals surface area contributed by atoms with Gasteiger partial charge < -0.3 is 14.9 Å². The number of rotatable bonds is 5. The van der Waals surface area contributed by atoms with Crippen molar-refractivity contribution in [1.82, 2.24) is 9.80 Å². The highest BCUT2D eigenvalue weighted by molar-refractivity contribution is 5.76. The molecule has 1 saturated heterocycles. The van der Waals surface area contributed by atoms with Crippen molar-refractivity contribution in [2.75, 3.05) is 19.6 Å². The van der Waals surface area contributed by atoms with Crippen molar-refractivity contribution >= 4 is 12.0 Å². The van der Waals surface area contributed by atoms with Gasteiger partial charge >= 0.3 is 12.0 Å². The van der Waals surface area contributed by atoms with E-state index in [9.17, 15) is 9.59 Å². The van der Waals surface area contributed by atoms with Crippen LogP contribution < -0.4 is 0 Å². The van der Waals surface area contributed by atoms with Gasteiger partial charge in [0.2, 0.25) is 0 Å². The number of likely N-dealkylation sites (tertiary alicyclic amines) is 1. The first-order valence-corrected chi connectivity index (χ1v) is 6.66. The fourth-order valence-electron chi connectivity index (χ4n) is 2.40. The lowest BCUT2D eigenvalue weighted by Gasteiger charge is -2.31. The number of hydrogen-bond acceptors (Lipinski definition) is 3. The van der Waals surface area contributed by atoms with Gasteiger partial charge in [0.15, 0.2) is 0 Å². The first-order chi connectivity index (χ1) is 8.99. The Balaban J connectivity index is 2.68. The Hall–Kier alpha value is -1.77. The van der Waals surface area contributed by atoms with E-state index in [1.54, 1.807) is 16.7 Å². The van der Waals surface area contributed by atoms with Gasteiger partial charge in [-0.05, 0) is 26.7 Å². The number of carboxylic acids is 1. The van der Waals surface area contributed by atoms with Crippen molar-refractivity contribution in [3.05, 3.63) is 0 Å². The fraction of sp³-hybridized carbons (Fsp3) is 0.769. The molecule has 1 aliphatic heterocycles. The van der Waals surface area contributed by atoms with Gasteiger partial charge in [-0.25, -0.2) is 4.79 Å². The molecule has 1 heterocycles. The van der Waals surface area contributed by atoms with Crippen molar-refractivity contribution in [3.63, 3.8) is 0 Å². The van der Waals surface area contributed by atoms with Crippen LogP contribution in [0.1, 0.15) is 33.1 Å². The van der Waals surface area contributed by atoms with Gasteiger partial charge in [0.1, 0.15) is 0 Å². The fourth-order valence-corrected chi connectivity index (χ4v) is 2.40. The maximum absolute atomic E-state index is 12.4. The van der Waals surface area contributed by atoms with Crippen LogP contribution in [-0.4, -0.2) is 52.6 Å². The van der Waals surface area contributed by atoms with Gasteiger partial charge in [-0.1, -0.05) is 0 Å². The predicted molar refractivity (Wildman–Crippen MR) is 69.4 cm³/mol. The highest BCUT2D eigenvalue weighted by Crippen LogP contribution is 2.22. The molecule has 19 heavy (non-hydrogen) atoms. The number of nitriles is 1. The quantitative estimate of drug-likeness (QED) is 0.818. The monoisotopic (exact) mass is 267 g/mol. The minimum absolute atomic E-state index is 0.00288. The molecule has 0 aromatic heterocycles. The van der Waals surface area contributed by atoms with E-state index in [0.29, 0.717) is 19.6 Å². The molecule has 0 aromatic carbocycles. The number of carbonyl (C=O) groups excluding carboxylic acids is 1. The molecule has 106 valence electrons. The van der Waals surface area contributed by atoms with Gasteiger partial charge in [-0.15, -0.1) is 0 Å². The number of hydrogen-bond donors (Lipinski definition) is 1. The molecule has 2 unspecified atom stereocenters. The van der Waals surface area contributed by atoms with Crippen LogP contribution in [0.2, 0.25) is 0 Å². The molecule has 1 N–H and O–H groups in total. The highest BCUT2D eigenvalue weighted by Gasteiger charge is 2.32. The van der Waals surface area contributed by atoms with E-state index < -0.39 is 5.97 Å². The molecular formula is C13H21N3O3. The molecular weight excluding hydrogens is 246 g/mol. The predicted octanol–water partition coefficient (Wildman–Crippen LogP) is 1.53. The Labute approximate surface area is 113 Å². The van der Waals surface area contributed by atoms with Crippen LogP contribution in [0.3, 0.4) is 0 Å². The maximum atomic E-state index is 12.4. The highest BCUT2D eigenvalue weighted by atomic mass is 16.4. The molecule has 0 radical (unpaired) electrons. The minimum atomic E-state index is -0.877. The zero-order chi connectivity index (χ0) is 14.4. The number of aliphatic carboxylic acids is 1. The number of urea groups is 1. The molecule has 0 aromatic rings. The van der Waals surface area contributed by atoms with Crippen molar-refractivity contribution in [2.24, 2.45) is 5.92 Å². The van der Waals surface area contributed by atoms with Crippen molar-refractivity contribution in [3.8, 4) is 6.07 Å². The SMILES string of the molecule is CCN(CC(C)C#N)C(=O)N1CCCC1CC(=O)O. The average molecular weight is 267 g/mol. The summed E-state index contributed by atoms with van der Waals surface area (Å²) in [7, 11) is 0. The molecule has 1 fully saturated rings. The van der Waals surface area contributed by atoms with E-state index >= 15 is 0 Å². The second kappa shape index (κ2) is 6.98. The molecule has 0 aliphatic carbocycles. The summed E-state index contributed by atoms with van der Waals surface area (Å²) in [6.45, 7) is 5.16. The third-order valence-electron chi connectivity index (χ3n) is 3.40. The van der Waals surface area contributed by atoms with Crippen LogP contribution in [0.5, 0.6) is 0 Å². The summed E-state index contributed by atoms with van der Waals surface area (Å²) in [6.07, 6.45) is 1.58. The molecule has 2 atom stereocenters. The molecule has 0 saturated carbocycles. The minimum Gasteiger partial charge on any atom is -0.481 e. The molecule has 2 amide bonds. The van der Waals surface area contributed by atoms with Gasteiger partial charge in [0.25, 0.3) is 0 Å². The zero-order valence-electron chi connectivity index (χ0n) is 11.5. The normalized spacial score (nSPS) is 19.8. The smallest absolute Gasteiger partial charge is 0.320 e. The van der Waals surface area contributed by atoms with E-state index in [2.05, 4.69) is 6.07 Å². The summed E-state index contributed by atoms with van der Waals surface area (Å²) in [6, 6.07) is 1.76. The Bertz CT molecular complexity index is 378. The Morgan fingerprint density at radius 2 is 2.26 bits per heavy atom. The van der Waals surface area contributed by atoms with E-state index in [1.165, 1.54) is 0 Å². The van der Waals surface area contributed by atoms with Gasteiger partial charge in [-0.3, -0.25) is 4.79 Å². The van der Waals surface area contributed by atoms with Gasteiger partial charge in [-0.2, -0.15) is 5.26 Å². The number of carboxylic acid groups (broad SMARTS) is 1. The first kappa shape index (κ1) is 15.3. The molecule has 1 rings (SSSR count). The van der Waals surface area contributed by atoms with Crippen molar-refractivity contribution < 1.29 is 14.7 Å². The lowest BCUT2D eigenvalue weighted by Crippen LogP contribution is -2.47. The van der Waals surface area contributed by atoms with Crippen molar-refractivity contribution in [1.29, 1.82) is 5.26 Å². The van der Waals surface area contributed by atoms with Crippen LogP contribution in [0.4, 0.5) is 4.79 Å². The average Bonchev–Trinajstić information content (AvgIpc) is 2.81. The van der Waals surface area contributed by atoms with Crippen LogP contribution in [0.25, 0.3) is 0 Å². The Morgan fingerprint density at radius 1 is 1.58 bits per heavy atom. The van der Waals surface area contributed by atoms with Gasteiger partial charge in [0, 0.05) is 25.7 Å². The molecule has 6 heteroatoms. The summed E-state index contributed by atoms with van der Waals surface area (Å²) in [5.41, 5.74) is 0.